The summed E-state index contributed by atoms with van der Waals surface area (Å²) < 4.78 is 0. The molecule has 1 aromatic rings. The molecule has 1 aromatic heterocycles. The Morgan fingerprint density at radius 3 is 2.62 bits per heavy atom. The van der Waals surface area contributed by atoms with Gasteiger partial charge in [0, 0.05) is 22.8 Å². The SMILES string of the molecule is Cc1cccc(C2(C(C)N)CC2)n1. The summed E-state index contributed by atoms with van der Waals surface area (Å²) in [5.41, 5.74) is 8.45. The Morgan fingerprint density at radius 2 is 2.15 bits per heavy atom. The summed E-state index contributed by atoms with van der Waals surface area (Å²) in [6.45, 7) is 4.11. The standard InChI is InChI=1S/C11H16N2/c1-8-4-3-5-10(13-8)11(6-7-11)9(2)12/h3-5,9H,6-7,12H2,1-2H3. The highest BCUT2D eigenvalue weighted by molar-refractivity contribution is 5.28. The third-order valence-electron chi connectivity index (χ3n) is 3.06. The Kier molecular flexibility index (Phi) is 1.88. The summed E-state index contributed by atoms with van der Waals surface area (Å²) in [6, 6.07) is 6.42. The van der Waals surface area contributed by atoms with Crippen molar-refractivity contribution in [3.8, 4) is 0 Å². The van der Waals surface area contributed by atoms with Crippen LogP contribution in [-0.4, -0.2) is 11.0 Å². The van der Waals surface area contributed by atoms with Crippen molar-refractivity contribution >= 4 is 0 Å². The number of nitrogens with zero attached hydrogens (tertiary/aromatic N) is 1. The van der Waals surface area contributed by atoms with E-state index in [0.717, 1.165) is 5.69 Å². The molecule has 1 unspecified atom stereocenters. The molecular formula is C11H16N2. The zero-order valence-corrected chi connectivity index (χ0v) is 8.25. The molecular weight excluding hydrogens is 160 g/mol. The van der Waals surface area contributed by atoms with Crippen molar-refractivity contribution in [2.24, 2.45) is 5.73 Å². The van der Waals surface area contributed by atoms with E-state index in [9.17, 15) is 0 Å². The first kappa shape index (κ1) is 8.70. The number of rotatable bonds is 2. The predicted molar refractivity (Wildman–Crippen MR) is 53.5 cm³/mol. The summed E-state index contributed by atoms with van der Waals surface area (Å²) >= 11 is 0. The van der Waals surface area contributed by atoms with Crippen molar-refractivity contribution < 1.29 is 0 Å². The molecule has 13 heavy (non-hydrogen) atoms. The van der Waals surface area contributed by atoms with Crippen molar-refractivity contribution in [1.82, 2.24) is 4.98 Å². The lowest BCUT2D eigenvalue weighted by molar-refractivity contribution is 0.541. The normalized spacial score (nSPS) is 21.2. The maximum Gasteiger partial charge on any atom is 0.0483 e. The van der Waals surface area contributed by atoms with Crippen LogP contribution in [0.5, 0.6) is 0 Å². The smallest absolute Gasteiger partial charge is 0.0483 e. The van der Waals surface area contributed by atoms with E-state index >= 15 is 0 Å². The van der Waals surface area contributed by atoms with Gasteiger partial charge in [0.15, 0.2) is 0 Å². The number of pyridine rings is 1. The van der Waals surface area contributed by atoms with E-state index in [1.165, 1.54) is 18.5 Å². The van der Waals surface area contributed by atoms with Gasteiger partial charge >= 0.3 is 0 Å². The summed E-state index contributed by atoms with van der Waals surface area (Å²) in [4.78, 5) is 4.55. The van der Waals surface area contributed by atoms with Crippen LogP contribution in [0.2, 0.25) is 0 Å². The number of hydrogen-bond donors (Lipinski definition) is 1. The molecule has 0 bridgehead atoms. The molecule has 0 saturated heterocycles. The quantitative estimate of drug-likeness (QED) is 0.745. The Morgan fingerprint density at radius 1 is 1.46 bits per heavy atom. The molecule has 70 valence electrons. The van der Waals surface area contributed by atoms with Crippen LogP contribution in [0.3, 0.4) is 0 Å². The van der Waals surface area contributed by atoms with Gasteiger partial charge in [0.1, 0.15) is 0 Å². The first-order chi connectivity index (χ1) is 6.15. The van der Waals surface area contributed by atoms with Crippen molar-refractivity contribution in [1.29, 1.82) is 0 Å². The fraction of sp³-hybridized carbons (Fsp3) is 0.545. The number of aryl methyl sites for hydroxylation is 1. The Balaban J connectivity index is 2.35. The van der Waals surface area contributed by atoms with Crippen molar-refractivity contribution in [2.75, 3.05) is 0 Å². The lowest BCUT2D eigenvalue weighted by atomic mass is 9.94. The molecule has 1 heterocycles. The zero-order chi connectivity index (χ0) is 9.47. The van der Waals surface area contributed by atoms with Gasteiger partial charge < -0.3 is 5.73 Å². The lowest BCUT2D eigenvalue weighted by Crippen LogP contribution is -2.32. The third-order valence-corrected chi connectivity index (χ3v) is 3.06. The lowest BCUT2D eigenvalue weighted by Gasteiger charge is -2.18. The molecule has 1 atom stereocenters. The summed E-state index contributed by atoms with van der Waals surface area (Å²) in [5.74, 6) is 0. The maximum atomic E-state index is 5.97. The predicted octanol–water partition coefficient (Wildman–Crippen LogP) is 1.77. The van der Waals surface area contributed by atoms with E-state index < -0.39 is 0 Å². The van der Waals surface area contributed by atoms with Crippen LogP contribution in [0.25, 0.3) is 0 Å². The Labute approximate surface area is 79.2 Å². The average Bonchev–Trinajstić information content (AvgIpc) is 2.83. The highest BCUT2D eigenvalue weighted by Gasteiger charge is 2.48. The van der Waals surface area contributed by atoms with Crippen LogP contribution in [0, 0.1) is 6.92 Å². The molecule has 0 amide bonds. The van der Waals surface area contributed by atoms with Crippen molar-refractivity contribution in [3.63, 3.8) is 0 Å². The van der Waals surface area contributed by atoms with Gasteiger partial charge in [-0.3, -0.25) is 4.98 Å². The van der Waals surface area contributed by atoms with Gasteiger partial charge in [0.2, 0.25) is 0 Å². The highest BCUT2D eigenvalue weighted by atomic mass is 14.8. The fourth-order valence-corrected chi connectivity index (χ4v) is 1.90. The first-order valence-corrected chi connectivity index (χ1v) is 4.85. The van der Waals surface area contributed by atoms with Crippen LogP contribution in [0.15, 0.2) is 18.2 Å². The third kappa shape index (κ3) is 1.35. The van der Waals surface area contributed by atoms with Crippen LogP contribution < -0.4 is 5.73 Å². The van der Waals surface area contributed by atoms with Gasteiger partial charge in [-0.15, -0.1) is 0 Å². The average molecular weight is 176 g/mol. The van der Waals surface area contributed by atoms with Gasteiger partial charge in [-0.1, -0.05) is 6.07 Å². The van der Waals surface area contributed by atoms with E-state index in [4.69, 9.17) is 5.73 Å². The highest BCUT2D eigenvalue weighted by Crippen LogP contribution is 2.49. The topological polar surface area (TPSA) is 38.9 Å². The van der Waals surface area contributed by atoms with Gasteiger partial charge in [0.05, 0.1) is 0 Å². The molecule has 0 radical (unpaired) electrons. The number of nitrogens with two attached hydrogens (primary N) is 1. The summed E-state index contributed by atoms with van der Waals surface area (Å²) in [5, 5.41) is 0. The minimum absolute atomic E-state index is 0.200. The molecule has 0 aromatic carbocycles. The number of hydrogen-bond acceptors (Lipinski definition) is 2. The zero-order valence-electron chi connectivity index (χ0n) is 8.25. The monoisotopic (exact) mass is 176 g/mol. The molecule has 1 aliphatic rings. The van der Waals surface area contributed by atoms with Gasteiger partial charge in [0.25, 0.3) is 0 Å². The number of aromatic nitrogens is 1. The first-order valence-electron chi connectivity index (χ1n) is 4.85. The van der Waals surface area contributed by atoms with E-state index in [-0.39, 0.29) is 11.5 Å². The van der Waals surface area contributed by atoms with Crippen LogP contribution in [0.4, 0.5) is 0 Å². The second-order valence-corrected chi connectivity index (χ2v) is 4.11. The van der Waals surface area contributed by atoms with Gasteiger partial charge in [-0.05, 0) is 38.8 Å². The van der Waals surface area contributed by atoms with Crippen LogP contribution in [-0.2, 0) is 5.41 Å². The van der Waals surface area contributed by atoms with Crippen LogP contribution in [0.1, 0.15) is 31.2 Å². The molecule has 2 heteroatoms. The summed E-state index contributed by atoms with van der Waals surface area (Å²) in [7, 11) is 0. The molecule has 2 N–H and O–H groups in total. The second-order valence-electron chi connectivity index (χ2n) is 4.11. The van der Waals surface area contributed by atoms with Crippen molar-refractivity contribution in [2.45, 2.75) is 38.1 Å². The minimum Gasteiger partial charge on any atom is -0.327 e. The minimum atomic E-state index is 0.200. The van der Waals surface area contributed by atoms with E-state index in [2.05, 4.69) is 24.0 Å². The molecule has 1 fully saturated rings. The van der Waals surface area contributed by atoms with E-state index in [1.54, 1.807) is 0 Å². The second kappa shape index (κ2) is 2.81. The van der Waals surface area contributed by atoms with E-state index in [0.29, 0.717) is 0 Å². The molecule has 2 rings (SSSR count). The maximum absolute atomic E-state index is 5.97. The fourth-order valence-electron chi connectivity index (χ4n) is 1.90. The molecule has 0 spiro atoms. The van der Waals surface area contributed by atoms with Gasteiger partial charge in [-0.25, -0.2) is 0 Å². The Hall–Kier alpha value is -0.890. The largest absolute Gasteiger partial charge is 0.327 e. The molecule has 1 aliphatic carbocycles. The summed E-state index contributed by atoms with van der Waals surface area (Å²) in [6.07, 6.45) is 2.39. The molecule has 0 aliphatic heterocycles. The molecule has 2 nitrogen and oxygen atoms in total. The van der Waals surface area contributed by atoms with Crippen molar-refractivity contribution in [3.05, 3.63) is 29.6 Å². The van der Waals surface area contributed by atoms with Crippen LogP contribution >= 0.6 is 0 Å². The van der Waals surface area contributed by atoms with E-state index in [1.807, 2.05) is 13.0 Å². The Bertz CT molecular complexity index is 314. The van der Waals surface area contributed by atoms with Gasteiger partial charge in [-0.2, -0.15) is 0 Å². The molecule has 1 saturated carbocycles.